The zero-order valence-corrected chi connectivity index (χ0v) is 19.5. The van der Waals surface area contributed by atoms with Gasteiger partial charge in [0.25, 0.3) is 13.5 Å². The van der Waals surface area contributed by atoms with Crippen LogP contribution in [0.4, 0.5) is 0 Å². The Balaban J connectivity index is 0.00000338. The highest BCUT2D eigenvalue weighted by molar-refractivity contribution is 5.88. The fourth-order valence-corrected chi connectivity index (χ4v) is 2.03. The quantitative estimate of drug-likeness (QED) is 0.0831. The number of pyridine rings is 2. The van der Waals surface area contributed by atoms with Gasteiger partial charge in [0.1, 0.15) is 6.21 Å². The van der Waals surface area contributed by atoms with E-state index in [-0.39, 0.29) is 53.9 Å². The summed E-state index contributed by atoms with van der Waals surface area (Å²) < 4.78 is 14.4. The van der Waals surface area contributed by atoms with E-state index in [1.54, 1.807) is 29.1 Å². The van der Waals surface area contributed by atoms with Gasteiger partial charge in [-0.25, -0.2) is 4.79 Å². The van der Waals surface area contributed by atoms with Crippen molar-refractivity contribution < 1.29 is 76.6 Å². The lowest BCUT2D eigenvalue weighted by atomic mass is 10.2. The summed E-state index contributed by atoms with van der Waals surface area (Å²) in [6.45, 7) is 5.01. The number of carbonyl (C=O) groups excluding carboxylic acids is 1. The van der Waals surface area contributed by atoms with Crippen LogP contribution in [0.3, 0.4) is 0 Å². The second-order valence-electron chi connectivity index (χ2n) is 5.90. The molecule has 148 valence electrons. The number of nitrogens with zero attached hydrogens (tertiary/aromatic N) is 3. The number of hydrogen-bond acceptors (Lipinski definition) is 5. The number of hydrogen-bond donors (Lipinski definition) is 1. The number of aromatic nitrogens is 2. The first kappa shape index (κ1) is 25.7. The van der Waals surface area contributed by atoms with Crippen molar-refractivity contribution in [3.8, 4) is 0 Å². The summed E-state index contributed by atoms with van der Waals surface area (Å²) in [5.41, 5.74) is 1.23. The Kier molecular flexibility index (Phi) is 13.1. The number of ether oxygens (including phenoxy) is 2. The van der Waals surface area contributed by atoms with Crippen LogP contribution >= 0.6 is 0 Å². The van der Waals surface area contributed by atoms with Crippen LogP contribution < -0.4 is 57.1 Å². The minimum absolute atomic E-state index is 0. The van der Waals surface area contributed by atoms with E-state index in [4.69, 9.17) is 14.7 Å². The topological polar surface area (TPSA) is 75.9 Å². The van der Waals surface area contributed by atoms with E-state index >= 15 is 0 Å². The molecule has 0 aromatic carbocycles. The van der Waals surface area contributed by atoms with Crippen LogP contribution in [0.1, 0.15) is 29.9 Å². The molecule has 7 nitrogen and oxygen atoms in total. The number of carbonyl (C=O) groups is 1. The normalized spacial score (nSPS) is 10.3. The van der Waals surface area contributed by atoms with Crippen LogP contribution in [0.15, 0.2) is 54.1 Å². The zero-order valence-electron chi connectivity index (χ0n) is 15.2. The molecule has 0 amide bonds. The average molecular weight is 599 g/mol. The highest BCUT2D eigenvalue weighted by atomic mass is 127. The summed E-state index contributed by atoms with van der Waals surface area (Å²) in [5.74, 6) is -0.0169. The Morgan fingerprint density at radius 3 is 2.48 bits per heavy atom. The van der Waals surface area contributed by atoms with Crippen molar-refractivity contribution in [2.75, 3.05) is 6.61 Å². The number of rotatable bonds is 8. The molecule has 0 saturated heterocycles. The van der Waals surface area contributed by atoms with E-state index in [1.165, 1.54) is 6.21 Å². The molecule has 0 aliphatic carbocycles. The molecule has 0 unspecified atom stereocenters. The maximum atomic E-state index is 11.9. The highest BCUT2D eigenvalue weighted by Gasteiger charge is 2.12. The van der Waals surface area contributed by atoms with Crippen LogP contribution in [-0.4, -0.2) is 24.0 Å². The van der Waals surface area contributed by atoms with E-state index in [0.29, 0.717) is 31.5 Å². The molecule has 0 aliphatic rings. The van der Waals surface area contributed by atoms with Crippen LogP contribution in [0.5, 0.6) is 0 Å². The molecular weight excluding hydrogens is 576 g/mol. The number of halogens is 2. The van der Waals surface area contributed by atoms with Gasteiger partial charge < -0.3 is 57.9 Å². The average Bonchev–Trinajstić information content (AvgIpc) is 2.62. The second kappa shape index (κ2) is 13.8. The van der Waals surface area contributed by atoms with Crippen molar-refractivity contribution in [3.63, 3.8) is 0 Å². The summed E-state index contributed by atoms with van der Waals surface area (Å²) in [6, 6.07) is 8.92. The summed E-state index contributed by atoms with van der Waals surface area (Å²) in [6.07, 6.45) is 6.69. The van der Waals surface area contributed by atoms with E-state index in [1.807, 2.05) is 42.8 Å². The predicted molar refractivity (Wildman–Crippen MR) is 88.9 cm³/mol. The lowest BCUT2D eigenvalue weighted by Gasteiger charge is -2.06. The summed E-state index contributed by atoms with van der Waals surface area (Å²) in [7, 11) is 0. The minimum Gasteiger partial charge on any atom is -1.00 e. The van der Waals surface area contributed by atoms with Crippen LogP contribution in [0.2, 0.25) is 0 Å². The molecule has 2 aromatic heterocycles. The van der Waals surface area contributed by atoms with Crippen LogP contribution in [-0.2, 0) is 22.9 Å². The summed E-state index contributed by atoms with van der Waals surface area (Å²) in [5, 5.41) is 11.7. The van der Waals surface area contributed by atoms with Crippen molar-refractivity contribution in [2.45, 2.75) is 27.3 Å². The van der Waals surface area contributed by atoms with Crippen molar-refractivity contribution in [3.05, 3.63) is 60.2 Å². The van der Waals surface area contributed by atoms with E-state index in [9.17, 15) is 4.79 Å². The predicted octanol–water partition coefficient (Wildman–Crippen LogP) is -4.48. The molecule has 0 aliphatic heterocycles. The van der Waals surface area contributed by atoms with Gasteiger partial charge in [0.2, 0.25) is 5.69 Å². The first-order valence-corrected chi connectivity index (χ1v) is 8.00. The van der Waals surface area contributed by atoms with Crippen molar-refractivity contribution in [2.24, 2.45) is 11.1 Å². The Labute approximate surface area is 193 Å². The first-order valence-electron chi connectivity index (χ1n) is 8.00. The van der Waals surface area contributed by atoms with Crippen molar-refractivity contribution in [1.29, 1.82) is 0 Å². The molecule has 0 spiro atoms. The van der Waals surface area contributed by atoms with Crippen LogP contribution in [0.25, 0.3) is 0 Å². The lowest BCUT2D eigenvalue weighted by Crippen LogP contribution is -3.00. The number of oxime groups is 1. The van der Waals surface area contributed by atoms with Crippen molar-refractivity contribution >= 4 is 12.2 Å². The van der Waals surface area contributed by atoms with Gasteiger partial charge in [-0.15, -0.1) is 0 Å². The van der Waals surface area contributed by atoms with Gasteiger partial charge in [0, 0.05) is 24.3 Å². The molecule has 0 atom stereocenters. The molecule has 2 rings (SSSR count). The van der Waals surface area contributed by atoms with E-state index < -0.39 is 0 Å². The Morgan fingerprint density at radius 1 is 1.15 bits per heavy atom. The molecule has 9 heteroatoms. The largest absolute Gasteiger partial charge is 1.00 e. The SMILES string of the molecule is CC(C)COC(=O)c1cc[n+](COC[n+]2ccccc2C=NO)cc1.[I-].[I-]. The fraction of sp³-hybridized carbons (Fsp3) is 0.333. The first-order chi connectivity index (χ1) is 12.1. The smallest absolute Gasteiger partial charge is 0.338 e. The second-order valence-corrected chi connectivity index (χ2v) is 5.90. The van der Waals surface area contributed by atoms with Gasteiger partial charge in [-0.1, -0.05) is 19.0 Å². The Hall–Kier alpha value is -1.34. The van der Waals surface area contributed by atoms with Gasteiger partial charge in [-0.3, -0.25) is 4.74 Å². The highest BCUT2D eigenvalue weighted by Crippen LogP contribution is 2.01. The third kappa shape index (κ3) is 8.93. The number of esters is 1. The van der Waals surface area contributed by atoms with Crippen molar-refractivity contribution in [1.82, 2.24) is 0 Å². The molecule has 0 fully saturated rings. The Morgan fingerprint density at radius 2 is 1.85 bits per heavy atom. The zero-order chi connectivity index (χ0) is 18.1. The van der Waals surface area contributed by atoms with Gasteiger partial charge in [0.15, 0.2) is 18.6 Å². The standard InChI is InChI=1S/C18H22N3O4.2HI/c1-15(2)12-25-18(22)16-6-9-20(10-7-16)13-24-14-21-8-4-3-5-17(21)11-19-23;;/h3-11,15H,12-14H2,1-2H3;2*1H/q+1;;/p-1. The molecule has 1 N–H and O–H groups in total. The lowest BCUT2D eigenvalue weighted by molar-refractivity contribution is -0.788. The van der Waals surface area contributed by atoms with Crippen LogP contribution in [0, 0.1) is 5.92 Å². The Bertz CT molecular complexity index is 725. The van der Waals surface area contributed by atoms with E-state index in [0.717, 1.165) is 5.69 Å². The molecule has 0 saturated carbocycles. The maximum Gasteiger partial charge on any atom is 0.338 e. The molecule has 0 radical (unpaired) electrons. The van der Waals surface area contributed by atoms with Gasteiger partial charge >= 0.3 is 5.97 Å². The van der Waals surface area contributed by atoms with Gasteiger partial charge in [-0.2, -0.15) is 9.13 Å². The summed E-state index contributed by atoms with van der Waals surface area (Å²) >= 11 is 0. The van der Waals surface area contributed by atoms with E-state index in [2.05, 4.69) is 5.16 Å². The fourth-order valence-electron chi connectivity index (χ4n) is 2.03. The molecule has 2 aromatic rings. The third-order valence-electron chi connectivity index (χ3n) is 3.31. The summed E-state index contributed by atoms with van der Waals surface area (Å²) in [4.78, 5) is 11.9. The molecule has 2 heterocycles. The van der Waals surface area contributed by atoms with Gasteiger partial charge in [-0.05, 0) is 12.0 Å². The monoisotopic (exact) mass is 599 g/mol. The third-order valence-corrected chi connectivity index (χ3v) is 3.31. The van der Waals surface area contributed by atoms with Gasteiger partial charge in [0.05, 0.1) is 12.2 Å². The molecule has 27 heavy (non-hydrogen) atoms. The minimum atomic E-state index is -0.324. The molecule has 0 bridgehead atoms. The molecular formula is C18H23I2N3O4. The maximum absolute atomic E-state index is 11.9.